The third kappa shape index (κ3) is 6.14. The number of pyridine rings is 1. The van der Waals surface area contributed by atoms with E-state index in [9.17, 15) is 32.7 Å². The summed E-state index contributed by atoms with van der Waals surface area (Å²) in [6, 6.07) is 10.1. The second-order valence-electron chi connectivity index (χ2n) is 7.75. The Hall–Kier alpha value is -4.48. The van der Waals surface area contributed by atoms with Crippen LogP contribution in [0.3, 0.4) is 0 Å². The third-order valence-corrected chi connectivity index (χ3v) is 5.12. The van der Waals surface area contributed by atoms with Gasteiger partial charge in [-0.15, -0.1) is 13.2 Å². The number of anilines is 2. The molecule has 12 heteroatoms. The summed E-state index contributed by atoms with van der Waals surface area (Å²) in [5.74, 6) is -2.10. The van der Waals surface area contributed by atoms with Crippen LogP contribution in [0.25, 0.3) is 11.1 Å². The highest BCUT2D eigenvalue weighted by Crippen LogP contribution is 2.35. The predicted octanol–water partition coefficient (Wildman–Crippen LogP) is 4.29. The van der Waals surface area contributed by atoms with Gasteiger partial charge >= 0.3 is 18.4 Å². The number of carbonyl (C=O) groups excluding carboxylic acids is 1. The topological polar surface area (TPSA) is 121 Å². The molecule has 0 aliphatic heterocycles. The normalized spacial score (nSPS) is 11.1. The number of hydrogen-bond acceptors (Lipinski definition) is 5. The number of alkyl halides is 3. The van der Waals surface area contributed by atoms with Crippen molar-refractivity contribution in [2.24, 2.45) is 7.05 Å². The van der Waals surface area contributed by atoms with Crippen LogP contribution < -0.4 is 20.5 Å². The lowest BCUT2D eigenvalue weighted by molar-refractivity contribution is -0.274. The summed E-state index contributed by atoms with van der Waals surface area (Å²) in [6.07, 6.45) is -3.97. The number of benzene rings is 2. The summed E-state index contributed by atoms with van der Waals surface area (Å²) >= 11 is 0. The number of nitrogens with one attached hydrogen (secondary N) is 1. The molecule has 0 fully saturated rings. The van der Waals surface area contributed by atoms with Crippen LogP contribution in [0.4, 0.5) is 29.3 Å². The maximum atomic E-state index is 13.1. The molecule has 2 amide bonds. The Morgan fingerprint density at radius 3 is 2.53 bits per heavy atom. The van der Waals surface area contributed by atoms with E-state index < -0.39 is 41.1 Å². The molecule has 3 N–H and O–H groups in total. The summed E-state index contributed by atoms with van der Waals surface area (Å²) in [5, 5.41) is 21.7. The molecule has 1 aromatic heterocycles. The minimum absolute atomic E-state index is 0.101. The molecule has 0 saturated carbocycles. The van der Waals surface area contributed by atoms with Gasteiger partial charge in [-0.1, -0.05) is 18.2 Å². The molecule has 2 aromatic carbocycles. The molecule has 0 aliphatic carbocycles. The summed E-state index contributed by atoms with van der Waals surface area (Å²) in [4.78, 5) is 37.7. The fourth-order valence-electron chi connectivity index (χ4n) is 3.44. The van der Waals surface area contributed by atoms with Gasteiger partial charge in [-0.2, -0.15) is 0 Å². The quantitative estimate of drug-likeness (QED) is 0.441. The molecule has 0 aliphatic rings. The van der Waals surface area contributed by atoms with Gasteiger partial charge in [-0.25, -0.2) is 4.79 Å². The maximum absolute atomic E-state index is 13.1. The number of aromatic nitrogens is 1. The van der Waals surface area contributed by atoms with Crippen molar-refractivity contribution in [1.82, 2.24) is 9.88 Å². The Kier molecular flexibility index (Phi) is 7.56. The van der Waals surface area contributed by atoms with Gasteiger partial charge in [0.05, 0.1) is 12.1 Å². The average Bonchev–Trinajstić information content (AvgIpc) is 2.78. The minimum Gasteiger partial charge on any atom is -0.505 e. The number of hydrogen-bond donors (Lipinski definition) is 3. The van der Waals surface area contributed by atoms with Crippen LogP contribution in [-0.2, 0) is 11.8 Å². The van der Waals surface area contributed by atoms with E-state index in [2.05, 4.69) is 10.1 Å². The molecule has 36 heavy (non-hydrogen) atoms. The fourth-order valence-corrected chi connectivity index (χ4v) is 3.44. The van der Waals surface area contributed by atoms with Gasteiger partial charge in [0.1, 0.15) is 11.5 Å². The summed E-state index contributed by atoms with van der Waals surface area (Å²) in [6.45, 7) is 1.45. The highest BCUT2D eigenvalue weighted by atomic mass is 19.4. The van der Waals surface area contributed by atoms with Gasteiger partial charge in [-0.3, -0.25) is 14.5 Å². The lowest BCUT2D eigenvalue weighted by Gasteiger charge is -2.25. The maximum Gasteiger partial charge on any atom is 0.573 e. The van der Waals surface area contributed by atoms with Crippen LogP contribution in [0.5, 0.6) is 11.5 Å². The van der Waals surface area contributed by atoms with Gasteiger partial charge in [0.15, 0.2) is 5.69 Å². The van der Waals surface area contributed by atoms with Crippen LogP contribution in [0.15, 0.2) is 59.5 Å². The average molecular weight is 505 g/mol. The van der Waals surface area contributed by atoms with Crippen molar-refractivity contribution in [3.63, 3.8) is 0 Å². The number of carbonyl (C=O) groups is 2. The zero-order valence-electron chi connectivity index (χ0n) is 19.2. The number of carboxylic acid groups (broad SMARTS) is 1. The first-order valence-electron chi connectivity index (χ1n) is 10.5. The third-order valence-electron chi connectivity index (χ3n) is 5.12. The van der Waals surface area contributed by atoms with Crippen molar-refractivity contribution >= 4 is 23.4 Å². The summed E-state index contributed by atoms with van der Waals surface area (Å²) in [7, 11) is 1.42. The number of nitrogens with zero attached hydrogens (tertiary/aromatic N) is 2. The molecule has 0 spiro atoms. The van der Waals surface area contributed by atoms with Gasteiger partial charge < -0.3 is 24.8 Å². The zero-order valence-corrected chi connectivity index (χ0v) is 19.2. The molecule has 0 radical (unpaired) electrons. The number of halogens is 3. The van der Waals surface area contributed by atoms with E-state index in [1.165, 1.54) is 43.6 Å². The summed E-state index contributed by atoms with van der Waals surface area (Å²) < 4.78 is 43.2. The second kappa shape index (κ2) is 10.4. The van der Waals surface area contributed by atoms with Crippen LogP contribution >= 0.6 is 0 Å². The summed E-state index contributed by atoms with van der Waals surface area (Å²) in [5.41, 5.74) is 0.398. The van der Waals surface area contributed by atoms with Crippen molar-refractivity contribution in [2.75, 3.05) is 11.4 Å². The van der Waals surface area contributed by atoms with Crippen molar-refractivity contribution in [3.8, 4) is 22.6 Å². The molecule has 1 heterocycles. The SMILES string of the molecule is Cc1ccc(N(C(=O)NCCC(=O)O)c2c(O)ccn(C)c2=O)cc1-c1cccc(OC(F)(F)F)c1. The molecular formula is C24H22F3N3O6. The molecule has 190 valence electrons. The van der Waals surface area contributed by atoms with E-state index >= 15 is 0 Å². The number of ether oxygens (including phenoxy) is 1. The van der Waals surface area contributed by atoms with Gasteiger partial charge in [0.2, 0.25) is 0 Å². The van der Waals surface area contributed by atoms with Crippen molar-refractivity contribution in [1.29, 1.82) is 0 Å². The molecule has 0 atom stereocenters. The second-order valence-corrected chi connectivity index (χ2v) is 7.75. The fraction of sp³-hybridized carbons (Fsp3) is 0.208. The first kappa shape index (κ1) is 26.1. The van der Waals surface area contributed by atoms with E-state index in [0.717, 1.165) is 15.5 Å². The predicted molar refractivity (Wildman–Crippen MR) is 124 cm³/mol. The monoisotopic (exact) mass is 505 g/mol. The van der Waals surface area contributed by atoms with Crippen LogP contribution in [0.2, 0.25) is 0 Å². The highest BCUT2D eigenvalue weighted by molar-refractivity contribution is 6.01. The van der Waals surface area contributed by atoms with Crippen molar-refractivity contribution in [3.05, 3.63) is 70.6 Å². The smallest absolute Gasteiger partial charge is 0.505 e. The number of carboxylic acids is 1. The number of aryl methyl sites for hydroxylation is 2. The number of aromatic hydroxyl groups is 1. The number of aliphatic carboxylic acids is 1. The molecule has 0 saturated heterocycles. The van der Waals surface area contributed by atoms with E-state index in [4.69, 9.17) is 5.11 Å². The van der Waals surface area contributed by atoms with Crippen LogP contribution in [0, 0.1) is 6.92 Å². The van der Waals surface area contributed by atoms with Crippen LogP contribution in [0.1, 0.15) is 12.0 Å². The highest BCUT2D eigenvalue weighted by Gasteiger charge is 2.31. The lowest BCUT2D eigenvalue weighted by atomic mass is 9.99. The number of amides is 2. The molecule has 3 aromatic rings. The largest absolute Gasteiger partial charge is 0.573 e. The molecule has 0 unspecified atom stereocenters. The first-order chi connectivity index (χ1) is 16.9. The van der Waals surface area contributed by atoms with Gasteiger partial charge in [-0.05, 0) is 53.9 Å². The molecule has 0 bridgehead atoms. The Balaban J connectivity index is 2.13. The van der Waals surface area contributed by atoms with Crippen LogP contribution in [-0.4, -0.2) is 39.7 Å². The zero-order chi connectivity index (χ0) is 26.6. The molecule has 3 rings (SSSR count). The molecule has 9 nitrogen and oxygen atoms in total. The number of urea groups is 1. The Bertz CT molecular complexity index is 1350. The van der Waals surface area contributed by atoms with E-state index in [0.29, 0.717) is 16.7 Å². The van der Waals surface area contributed by atoms with Crippen molar-refractivity contribution in [2.45, 2.75) is 19.7 Å². The van der Waals surface area contributed by atoms with E-state index in [1.54, 1.807) is 19.1 Å². The number of rotatable bonds is 7. The minimum atomic E-state index is -4.88. The lowest BCUT2D eigenvalue weighted by Crippen LogP contribution is -2.41. The Morgan fingerprint density at radius 2 is 1.86 bits per heavy atom. The Labute approximate surface area is 203 Å². The first-order valence-corrected chi connectivity index (χ1v) is 10.5. The van der Waals surface area contributed by atoms with Crippen molar-refractivity contribution < 1.29 is 37.7 Å². The van der Waals surface area contributed by atoms with Gasteiger partial charge in [0, 0.05) is 19.8 Å². The molecular weight excluding hydrogens is 483 g/mol. The standard InChI is InChI=1S/C24H22F3N3O6/c1-14-6-7-16(13-18(14)15-4-3-5-17(12-15)36-24(25,26)27)30(23(35)28-10-8-20(32)33)21-19(31)9-11-29(2)22(21)34/h3-7,9,11-13,31H,8,10H2,1-2H3,(H,28,35)(H,32,33). The van der Waals surface area contributed by atoms with E-state index in [-0.39, 0.29) is 18.7 Å². The van der Waals surface area contributed by atoms with Gasteiger partial charge in [0.25, 0.3) is 5.56 Å². The van der Waals surface area contributed by atoms with E-state index in [1.807, 2.05) is 0 Å². The Morgan fingerprint density at radius 1 is 1.14 bits per heavy atom.